The molecule has 0 unspecified atom stereocenters. The Bertz CT molecular complexity index is 480. The fourth-order valence-corrected chi connectivity index (χ4v) is 1.04. The number of non-ortho nitro benzene ring substituents is 1. The Morgan fingerprint density at radius 3 is 3.00 bits per heavy atom. The highest BCUT2D eigenvalue weighted by Crippen LogP contribution is 2.17. The second kappa shape index (κ2) is 5.47. The molecular weight excluding hydrogens is 215 g/mol. The Balaban J connectivity index is 2.94. The van der Waals surface area contributed by atoms with Crippen molar-refractivity contribution in [2.75, 3.05) is 6.54 Å². The molecule has 0 bridgehead atoms. The van der Waals surface area contributed by atoms with Crippen molar-refractivity contribution in [1.29, 1.82) is 0 Å². The lowest BCUT2D eigenvalue weighted by Crippen LogP contribution is -1.90. The Morgan fingerprint density at radius 1 is 1.62 bits per heavy atom. The van der Waals surface area contributed by atoms with Crippen LogP contribution in [0, 0.1) is 15.9 Å². The summed E-state index contributed by atoms with van der Waals surface area (Å²) in [5.41, 5.74) is 7.89. The summed E-state index contributed by atoms with van der Waals surface area (Å²) < 4.78 is 13.2. The maximum absolute atomic E-state index is 13.2. The molecule has 0 aliphatic carbocycles. The minimum Gasteiger partial charge on any atom is -0.258 e. The number of azide groups is 1. The summed E-state index contributed by atoms with van der Waals surface area (Å²) in [6.45, 7) is 0.0681. The van der Waals surface area contributed by atoms with E-state index in [1.54, 1.807) is 0 Å². The van der Waals surface area contributed by atoms with Crippen LogP contribution in [0.2, 0.25) is 0 Å². The van der Waals surface area contributed by atoms with Crippen LogP contribution in [0.3, 0.4) is 0 Å². The molecule has 6 nitrogen and oxygen atoms in total. The Hall–Kier alpha value is -2.40. The molecule has 0 N–H and O–H groups in total. The maximum atomic E-state index is 13.2. The predicted octanol–water partition coefficient (Wildman–Crippen LogP) is 3.06. The second-order valence-electron chi connectivity index (χ2n) is 2.78. The van der Waals surface area contributed by atoms with Crippen molar-refractivity contribution in [3.63, 3.8) is 0 Å². The van der Waals surface area contributed by atoms with E-state index in [0.29, 0.717) is 0 Å². The van der Waals surface area contributed by atoms with Gasteiger partial charge in [0.05, 0.1) is 4.92 Å². The van der Waals surface area contributed by atoms with E-state index in [2.05, 4.69) is 10.0 Å². The number of hydrogen-bond acceptors (Lipinski definition) is 3. The number of rotatable bonds is 4. The van der Waals surface area contributed by atoms with Gasteiger partial charge in [-0.1, -0.05) is 17.3 Å². The van der Waals surface area contributed by atoms with Gasteiger partial charge in [-0.25, -0.2) is 4.39 Å². The standard InChI is InChI=1S/C9H7FN4O2/c10-9-4-3-8(14(15)16)6-7(9)2-1-5-12-13-11/h1-4,6H,5H2. The molecular formula is C9H7FN4O2. The van der Waals surface area contributed by atoms with Crippen molar-refractivity contribution in [3.8, 4) is 0 Å². The summed E-state index contributed by atoms with van der Waals surface area (Å²) in [7, 11) is 0. The van der Waals surface area contributed by atoms with E-state index in [1.165, 1.54) is 12.2 Å². The number of benzene rings is 1. The van der Waals surface area contributed by atoms with Gasteiger partial charge < -0.3 is 0 Å². The van der Waals surface area contributed by atoms with Gasteiger partial charge in [-0.3, -0.25) is 10.1 Å². The second-order valence-corrected chi connectivity index (χ2v) is 2.78. The van der Waals surface area contributed by atoms with Gasteiger partial charge in [-0.2, -0.15) is 0 Å². The highest BCUT2D eigenvalue weighted by Gasteiger charge is 2.08. The fourth-order valence-electron chi connectivity index (χ4n) is 1.04. The topological polar surface area (TPSA) is 91.9 Å². The summed E-state index contributed by atoms with van der Waals surface area (Å²) in [6.07, 6.45) is 2.75. The number of halogens is 1. The van der Waals surface area contributed by atoms with Gasteiger partial charge in [0.1, 0.15) is 5.82 Å². The molecule has 1 aromatic carbocycles. The molecule has 1 aromatic rings. The van der Waals surface area contributed by atoms with Crippen molar-refractivity contribution in [1.82, 2.24) is 0 Å². The molecule has 0 aliphatic heterocycles. The van der Waals surface area contributed by atoms with E-state index < -0.39 is 10.7 Å². The maximum Gasteiger partial charge on any atom is 0.270 e. The lowest BCUT2D eigenvalue weighted by molar-refractivity contribution is -0.384. The van der Waals surface area contributed by atoms with Gasteiger partial charge in [-0.15, -0.1) is 0 Å². The van der Waals surface area contributed by atoms with E-state index >= 15 is 0 Å². The molecule has 0 atom stereocenters. The van der Waals surface area contributed by atoms with E-state index in [-0.39, 0.29) is 17.8 Å². The third-order valence-corrected chi connectivity index (χ3v) is 1.74. The Kier molecular flexibility index (Phi) is 3.99. The molecule has 0 saturated carbocycles. The van der Waals surface area contributed by atoms with Crippen molar-refractivity contribution < 1.29 is 9.31 Å². The summed E-state index contributed by atoms with van der Waals surface area (Å²) in [5, 5.41) is 13.6. The third kappa shape index (κ3) is 3.07. The van der Waals surface area contributed by atoms with Crippen molar-refractivity contribution in [2.45, 2.75) is 0 Å². The van der Waals surface area contributed by atoms with Gasteiger partial charge in [0.15, 0.2) is 0 Å². The number of nitro benzene ring substituents is 1. The van der Waals surface area contributed by atoms with E-state index in [4.69, 9.17) is 5.53 Å². The van der Waals surface area contributed by atoms with E-state index in [1.807, 2.05) is 0 Å². The molecule has 0 saturated heterocycles. The van der Waals surface area contributed by atoms with Crippen LogP contribution in [0.5, 0.6) is 0 Å². The van der Waals surface area contributed by atoms with Crippen LogP contribution in [0.15, 0.2) is 29.4 Å². The number of nitrogens with zero attached hydrogens (tertiary/aromatic N) is 4. The molecule has 0 aliphatic rings. The largest absolute Gasteiger partial charge is 0.270 e. The molecule has 7 heteroatoms. The minimum absolute atomic E-state index is 0.0681. The number of hydrogen-bond donors (Lipinski definition) is 0. The molecule has 0 radical (unpaired) electrons. The molecule has 82 valence electrons. The van der Waals surface area contributed by atoms with Gasteiger partial charge in [0.2, 0.25) is 0 Å². The molecule has 0 heterocycles. The van der Waals surface area contributed by atoms with Crippen LogP contribution in [0.1, 0.15) is 5.56 Å². The van der Waals surface area contributed by atoms with E-state index in [0.717, 1.165) is 18.2 Å². The van der Waals surface area contributed by atoms with Crippen molar-refractivity contribution >= 4 is 11.8 Å². The van der Waals surface area contributed by atoms with Crippen molar-refractivity contribution in [2.24, 2.45) is 5.11 Å². The molecule has 0 spiro atoms. The van der Waals surface area contributed by atoms with Gasteiger partial charge in [0.25, 0.3) is 5.69 Å². The molecule has 0 aromatic heterocycles. The molecule has 0 amide bonds. The highest BCUT2D eigenvalue weighted by atomic mass is 19.1. The summed E-state index contributed by atoms with van der Waals surface area (Å²) in [5.74, 6) is -0.567. The van der Waals surface area contributed by atoms with E-state index in [9.17, 15) is 14.5 Å². The average molecular weight is 222 g/mol. The zero-order chi connectivity index (χ0) is 12.0. The normalized spacial score (nSPS) is 10.1. The first-order valence-electron chi connectivity index (χ1n) is 4.26. The van der Waals surface area contributed by atoms with Crippen LogP contribution >= 0.6 is 0 Å². The molecule has 1 rings (SSSR count). The quantitative estimate of drug-likeness (QED) is 0.257. The van der Waals surface area contributed by atoms with Gasteiger partial charge >= 0.3 is 0 Å². The Labute approximate surface area is 89.8 Å². The molecule has 16 heavy (non-hydrogen) atoms. The van der Waals surface area contributed by atoms with Crippen LogP contribution in [-0.2, 0) is 0 Å². The zero-order valence-electron chi connectivity index (χ0n) is 8.08. The van der Waals surface area contributed by atoms with Gasteiger partial charge in [-0.05, 0) is 11.6 Å². The first-order chi connectivity index (χ1) is 7.65. The minimum atomic E-state index is -0.607. The summed E-state index contributed by atoms with van der Waals surface area (Å²) in [6, 6.07) is 3.22. The smallest absolute Gasteiger partial charge is 0.258 e. The predicted molar refractivity (Wildman–Crippen MR) is 56.1 cm³/mol. The van der Waals surface area contributed by atoms with Gasteiger partial charge in [0, 0.05) is 29.2 Å². The Morgan fingerprint density at radius 2 is 2.38 bits per heavy atom. The van der Waals surface area contributed by atoms with Crippen molar-refractivity contribution in [3.05, 3.63) is 56.2 Å². The summed E-state index contributed by atoms with van der Waals surface area (Å²) >= 11 is 0. The summed E-state index contributed by atoms with van der Waals surface area (Å²) in [4.78, 5) is 12.3. The average Bonchev–Trinajstić information content (AvgIpc) is 2.26. The third-order valence-electron chi connectivity index (χ3n) is 1.74. The lowest BCUT2D eigenvalue weighted by Gasteiger charge is -1.96. The fraction of sp³-hybridized carbons (Fsp3) is 0.111. The lowest BCUT2D eigenvalue weighted by atomic mass is 10.2. The zero-order valence-corrected chi connectivity index (χ0v) is 8.08. The number of nitro groups is 1. The van der Waals surface area contributed by atoms with Crippen LogP contribution in [0.4, 0.5) is 10.1 Å². The highest BCUT2D eigenvalue weighted by molar-refractivity contribution is 5.54. The van der Waals surface area contributed by atoms with Crippen LogP contribution in [0.25, 0.3) is 16.5 Å². The first kappa shape index (κ1) is 11.7. The van der Waals surface area contributed by atoms with Crippen LogP contribution in [-0.4, -0.2) is 11.5 Å². The monoisotopic (exact) mass is 222 g/mol. The first-order valence-corrected chi connectivity index (χ1v) is 4.26. The SMILES string of the molecule is [N-]=[N+]=NCC=Cc1cc([N+](=O)[O-])ccc1F. The molecule has 0 fully saturated rings. The van der Waals surface area contributed by atoms with Crippen LogP contribution < -0.4 is 0 Å².